The molecule has 0 radical (unpaired) electrons. The van der Waals surface area contributed by atoms with Crippen LogP contribution in [0.4, 0.5) is 0 Å². The van der Waals surface area contributed by atoms with E-state index in [1.165, 1.54) is 4.90 Å². The summed E-state index contributed by atoms with van der Waals surface area (Å²) in [6.07, 6.45) is 3.58. The van der Waals surface area contributed by atoms with Crippen molar-refractivity contribution in [2.45, 2.75) is 37.0 Å². The summed E-state index contributed by atoms with van der Waals surface area (Å²) in [6.45, 7) is 3.84. The first-order chi connectivity index (χ1) is 9.93. The van der Waals surface area contributed by atoms with E-state index in [1.807, 2.05) is 25.0 Å². The summed E-state index contributed by atoms with van der Waals surface area (Å²) in [5, 5.41) is 3.33. The molecule has 1 heterocycles. The maximum Gasteiger partial charge on any atom is 0.241 e. The van der Waals surface area contributed by atoms with E-state index in [1.54, 1.807) is 18.0 Å². The van der Waals surface area contributed by atoms with Gasteiger partial charge in [-0.1, -0.05) is 12.1 Å². The van der Waals surface area contributed by atoms with Gasteiger partial charge in [-0.15, -0.1) is 11.8 Å². The number of carbonyl (C=O) groups is 1. The van der Waals surface area contributed by atoms with Crippen LogP contribution in [-0.4, -0.2) is 45.4 Å². The van der Waals surface area contributed by atoms with Crippen molar-refractivity contribution >= 4 is 28.5 Å². The van der Waals surface area contributed by atoms with E-state index in [-0.39, 0.29) is 24.2 Å². The second-order valence-electron chi connectivity index (χ2n) is 5.40. The van der Waals surface area contributed by atoms with Crippen molar-refractivity contribution in [1.29, 1.82) is 0 Å². The molecule has 2 rings (SSSR count). The molecule has 1 amide bonds. The van der Waals surface area contributed by atoms with Gasteiger partial charge in [0.1, 0.15) is 6.17 Å². The van der Waals surface area contributed by atoms with E-state index in [4.69, 9.17) is 0 Å². The second kappa shape index (κ2) is 6.94. The van der Waals surface area contributed by atoms with E-state index >= 15 is 0 Å². The summed E-state index contributed by atoms with van der Waals surface area (Å²) in [5.74, 6) is 0.575. The Morgan fingerprint density at radius 1 is 1.38 bits per heavy atom. The first-order valence-corrected chi connectivity index (χ1v) is 9.91. The van der Waals surface area contributed by atoms with Gasteiger partial charge in [0.15, 0.2) is 0 Å². The smallest absolute Gasteiger partial charge is 0.241 e. The Labute approximate surface area is 133 Å². The van der Waals surface area contributed by atoms with Gasteiger partial charge in [-0.3, -0.25) is 14.3 Å². The number of carbonyl (C=O) groups excluding carboxylic acids is 1. The van der Waals surface area contributed by atoms with Crippen LogP contribution in [0.25, 0.3) is 0 Å². The maximum atomic E-state index is 12.4. The molecular formula is C15H22N2O2S2. The van der Waals surface area contributed by atoms with Gasteiger partial charge in [0, 0.05) is 33.7 Å². The minimum atomic E-state index is -0.919. The van der Waals surface area contributed by atoms with Crippen molar-refractivity contribution in [1.82, 2.24) is 10.2 Å². The quantitative estimate of drug-likeness (QED) is 0.841. The zero-order valence-electron chi connectivity index (χ0n) is 12.8. The molecule has 0 bridgehead atoms. The van der Waals surface area contributed by atoms with Crippen LogP contribution < -0.4 is 5.32 Å². The average Bonchev–Trinajstić information content (AvgIpc) is 2.74. The first kappa shape index (κ1) is 16.5. The van der Waals surface area contributed by atoms with E-state index < -0.39 is 10.8 Å². The fraction of sp³-hybridized carbons (Fsp3) is 0.533. The fourth-order valence-electron chi connectivity index (χ4n) is 2.67. The Hall–Kier alpha value is -0.850. The van der Waals surface area contributed by atoms with E-state index in [0.29, 0.717) is 5.75 Å². The molecule has 1 fully saturated rings. The lowest BCUT2D eigenvalue weighted by molar-refractivity contribution is -0.131. The normalized spacial score (nSPS) is 25.1. The monoisotopic (exact) mass is 326 g/mol. The first-order valence-electron chi connectivity index (χ1n) is 6.96. The van der Waals surface area contributed by atoms with Crippen LogP contribution in [0.1, 0.15) is 25.6 Å². The summed E-state index contributed by atoms with van der Waals surface area (Å²) in [5.41, 5.74) is 1.07. The molecule has 1 aromatic carbocycles. The van der Waals surface area contributed by atoms with Gasteiger partial charge >= 0.3 is 0 Å². The van der Waals surface area contributed by atoms with Crippen molar-refractivity contribution < 1.29 is 9.00 Å². The topological polar surface area (TPSA) is 49.4 Å². The number of benzene rings is 1. The maximum absolute atomic E-state index is 12.4. The zero-order chi connectivity index (χ0) is 15.6. The van der Waals surface area contributed by atoms with E-state index in [9.17, 15) is 9.00 Å². The lowest BCUT2D eigenvalue weighted by atomic mass is 10.1. The third kappa shape index (κ3) is 3.67. The number of nitrogens with one attached hydrogen (secondary N) is 1. The second-order valence-corrected chi connectivity index (χ2v) is 7.76. The Bertz CT molecular complexity index is 533. The highest BCUT2D eigenvalue weighted by Crippen LogP contribution is 2.29. The predicted octanol–water partition coefficient (Wildman–Crippen LogP) is 1.99. The standard InChI is InChI=1S/C15H22N2O2S2/c1-10(9-21(4)19)17-14(16-11(2)15(17)18)12-5-7-13(20-3)8-6-12/h5-8,10-11,14,16H,9H2,1-4H3. The van der Waals surface area contributed by atoms with Gasteiger partial charge in [0.25, 0.3) is 0 Å². The van der Waals surface area contributed by atoms with Crippen molar-refractivity contribution in [3.63, 3.8) is 0 Å². The number of thioether (sulfide) groups is 1. The van der Waals surface area contributed by atoms with Gasteiger partial charge in [-0.2, -0.15) is 0 Å². The molecule has 4 atom stereocenters. The highest BCUT2D eigenvalue weighted by atomic mass is 32.2. The number of nitrogens with zero attached hydrogens (tertiary/aromatic N) is 1. The Morgan fingerprint density at radius 2 is 2.00 bits per heavy atom. The third-order valence-corrected chi connectivity index (χ3v) is 5.39. The molecule has 21 heavy (non-hydrogen) atoms. The molecule has 0 aromatic heterocycles. The van der Waals surface area contributed by atoms with E-state index in [0.717, 1.165) is 5.56 Å². The van der Waals surface area contributed by atoms with Gasteiger partial charge in [-0.25, -0.2) is 0 Å². The Morgan fingerprint density at radius 3 is 2.52 bits per heavy atom. The molecule has 1 aliphatic rings. The molecule has 1 aliphatic heterocycles. The molecule has 1 N–H and O–H groups in total. The Balaban J connectivity index is 2.26. The van der Waals surface area contributed by atoms with Gasteiger partial charge in [-0.05, 0) is 37.8 Å². The number of hydrogen-bond donors (Lipinski definition) is 1. The fourth-order valence-corrected chi connectivity index (χ4v) is 3.92. The molecule has 4 nitrogen and oxygen atoms in total. The van der Waals surface area contributed by atoms with Crippen molar-refractivity contribution in [3.8, 4) is 0 Å². The van der Waals surface area contributed by atoms with Crippen LogP contribution in [0.2, 0.25) is 0 Å². The number of amides is 1. The van der Waals surface area contributed by atoms with Gasteiger partial charge in [0.2, 0.25) is 5.91 Å². The Kier molecular flexibility index (Phi) is 5.46. The minimum absolute atomic E-state index is 0.0500. The molecule has 116 valence electrons. The van der Waals surface area contributed by atoms with Crippen LogP contribution in [0.5, 0.6) is 0 Å². The summed E-state index contributed by atoms with van der Waals surface area (Å²) in [7, 11) is -0.919. The lowest BCUT2D eigenvalue weighted by Crippen LogP contribution is -2.41. The molecule has 6 heteroatoms. The summed E-state index contributed by atoms with van der Waals surface area (Å²) < 4.78 is 11.5. The number of hydrogen-bond acceptors (Lipinski definition) is 4. The van der Waals surface area contributed by atoms with Crippen LogP contribution >= 0.6 is 11.8 Å². The third-order valence-electron chi connectivity index (χ3n) is 3.69. The molecular weight excluding hydrogens is 304 g/mol. The van der Waals surface area contributed by atoms with Crippen molar-refractivity contribution in [3.05, 3.63) is 29.8 Å². The summed E-state index contributed by atoms with van der Waals surface area (Å²) in [6, 6.07) is 7.98. The van der Waals surface area contributed by atoms with Gasteiger partial charge < -0.3 is 4.90 Å². The molecule has 0 spiro atoms. The van der Waals surface area contributed by atoms with Crippen molar-refractivity contribution in [2.24, 2.45) is 0 Å². The molecule has 1 saturated heterocycles. The summed E-state index contributed by atoms with van der Waals surface area (Å²) >= 11 is 1.70. The SMILES string of the molecule is CSc1ccc(C2NC(C)C(=O)N2C(C)CS(C)=O)cc1. The largest absolute Gasteiger partial charge is 0.318 e. The summed E-state index contributed by atoms with van der Waals surface area (Å²) in [4.78, 5) is 15.4. The highest BCUT2D eigenvalue weighted by molar-refractivity contribution is 7.98. The van der Waals surface area contributed by atoms with Crippen LogP contribution in [0.15, 0.2) is 29.2 Å². The molecule has 0 saturated carbocycles. The zero-order valence-corrected chi connectivity index (χ0v) is 14.5. The van der Waals surface area contributed by atoms with Crippen LogP contribution in [0.3, 0.4) is 0 Å². The highest BCUT2D eigenvalue weighted by Gasteiger charge is 2.39. The molecule has 1 aromatic rings. The van der Waals surface area contributed by atoms with Crippen LogP contribution in [-0.2, 0) is 15.6 Å². The van der Waals surface area contributed by atoms with Gasteiger partial charge in [0.05, 0.1) is 6.04 Å². The minimum Gasteiger partial charge on any atom is -0.318 e. The van der Waals surface area contributed by atoms with Crippen LogP contribution in [0, 0.1) is 0 Å². The predicted molar refractivity (Wildman–Crippen MR) is 88.8 cm³/mol. The molecule has 0 aliphatic carbocycles. The van der Waals surface area contributed by atoms with E-state index in [2.05, 4.69) is 29.6 Å². The molecule has 4 unspecified atom stereocenters. The number of rotatable bonds is 5. The average molecular weight is 326 g/mol. The lowest BCUT2D eigenvalue weighted by Gasteiger charge is -2.30. The van der Waals surface area contributed by atoms with Crippen molar-refractivity contribution in [2.75, 3.05) is 18.3 Å².